The van der Waals surface area contributed by atoms with Gasteiger partial charge in [-0.25, -0.2) is 22.9 Å². The molecule has 2 saturated heterocycles. The third-order valence-electron chi connectivity index (χ3n) is 5.88. The van der Waals surface area contributed by atoms with E-state index in [-0.39, 0.29) is 25.3 Å². The van der Waals surface area contributed by atoms with Crippen LogP contribution in [-0.2, 0) is 9.47 Å². The maximum absolute atomic E-state index is 15.3. The van der Waals surface area contributed by atoms with E-state index >= 15 is 8.78 Å². The number of hydrogen-bond donors (Lipinski definition) is 1. The number of halogens is 3. The standard InChI is InChI=1S/C23H29F3N4O3/c1-22(2,3)33-21(31)30-8-5-16(23(25,26)13-30)20-15-10-19(28-11-14(15)4-7-27-20)29-18-6-9-32-12-17(18)24/h4,7,10-11,16-18H,5-6,8-9,12-13H2,1-3H3,(H,28,29)/t16?,17-,18-/m1/s1. The highest BCUT2D eigenvalue weighted by Crippen LogP contribution is 2.42. The van der Waals surface area contributed by atoms with E-state index in [1.165, 1.54) is 6.20 Å². The number of hydrogen-bond acceptors (Lipinski definition) is 6. The van der Waals surface area contributed by atoms with Gasteiger partial charge in [0.1, 0.15) is 17.6 Å². The van der Waals surface area contributed by atoms with Crippen molar-refractivity contribution in [3.05, 3.63) is 30.2 Å². The first kappa shape index (κ1) is 23.5. The van der Waals surface area contributed by atoms with E-state index in [4.69, 9.17) is 9.47 Å². The molecule has 0 spiro atoms. The minimum atomic E-state index is -3.20. The predicted molar refractivity (Wildman–Crippen MR) is 117 cm³/mol. The quantitative estimate of drug-likeness (QED) is 0.717. The van der Waals surface area contributed by atoms with Crippen LogP contribution in [0.2, 0.25) is 0 Å². The predicted octanol–water partition coefficient (Wildman–Crippen LogP) is 4.53. The van der Waals surface area contributed by atoms with Gasteiger partial charge in [0.05, 0.1) is 30.8 Å². The number of rotatable bonds is 3. The zero-order valence-electron chi connectivity index (χ0n) is 19.0. The summed E-state index contributed by atoms with van der Waals surface area (Å²) in [5.41, 5.74) is -0.518. The van der Waals surface area contributed by atoms with Crippen LogP contribution in [0, 0.1) is 0 Å². The number of carbonyl (C=O) groups excluding carboxylic acids is 1. The molecule has 2 aliphatic rings. The monoisotopic (exact) mass is 466 g/mol. The number of anilines is 1. The van der Waals surface area contributed by atoms with Crippen LogP contribution in [0.1, 0.15) is 45.2 Å². The fourth-order valence-electron chi connectivity index (χ4n) is 4.26. The summed E-state index contributed by atoms with van der Waals surface area (Å²) >= 11 is 0. The van der Waals surface area contributed by atoms with Gasteiger partial charge >= 0.3 is 6.09 Å². The normalized spacial score (nSPS) is 25.6. The summed E-state index contributed by atoms with van der Waals surface area (Å²) in [6.07, 6.45) is 1.66. The molecule has 1 amide bonds. The maximum atomic E-state index is 15.3. The van der Waals surface area contributed by atoms with E-state index < -0.39 is 42.3 Å². The second kappa shape index (κ2) is 8.96. The second-order valence-electron chi connectivity index (χ2n) is 9.62. The molecule has 7 nitrogen and oxygen atoms in total. The Morgan fingerprint density at radius 2 is 2.09 bits per heavy atom. The first-order chi connectivity index (χ1) is 15.5. The molecule has 33 heavy (non-hydrogen) atoms. The number of aromatic nitrogens is 2. The molecular weight excluding hydrogens is 437 g/mol. The average molecular weight is 467 g/mol. The number of ether oxygens (including phenoxy) is 2. The number of nitrogens with zero attached hydrogens (tertiary/aromatic N) is 3. The average Bonchev–Trinajstić information content (AvgIpc) is 2.73. The maximum Gasteiger partial charge on any atom is 0.410 e. The Hall–Kier alpha value is -2.62. The Morgan fingerprint density at radius 1 is 1.30 bits per heavy atom. The summed E-state index contributed by atoms with van der Waals surface area (Å²) in [6.45, 7) is 4.94. The summed E-state index contributed by atoms with van der Waals surface area (Å²) in [4.78, 5) is 22.0. The summed E-state index contributed by atoms with van der Waals surface area (Å²) in [5.74, 6) is -3.97. The minimum Gasteiger partial charge on any atom is -0.444 e. The van der Waals surface area contributed by atoms with Crippen molar-refractivity contribution in [3.8, 4) is 0 Å². The third kappa shape index (κ3) is 5.31. The van der Waals surface area contributed by atoms with Gasteiger partial charge in [0.2, 0.25) is 0 Å². The lowest BCUT2D eigenvalue weighted by Crippen LogP contribution is -2.51. The Morgan fingerprint density at radius 3 is 2.79 bits per heavy atom. The van der Waals surface area contributed by atoms with Crippen LogP contribution in [0.25, 0.3) is 10.8 Å². The van der Waals surface area contributed by atoms with Crippen molar-refractivity contribution in [2.45, 2.75) is 63.3 Å². The highest BCUT2D eigenvalue weighted by Gasteiger charge is 2.48. The summed E-state index contributed by atoms with van der Waals surface area (Å²) in [5, 5.41) is 4.27. The number of carbonyl (C=O) groups is 1. The van der Waals surface area contributed by atoms with E-state index in [2.05, 4.69) is 15.3 Å². The van der Waals surface area contributed by atoms with Crippen molar-refractivity contribution in [1.29, 1.82) is 0 Å². The van der Waals surface area contributed by atoms with Gasteiger partial charge in [0.25, 0.3) is 5.92 Å². The van der Waals surface area contributed by atoms with Crippen LogP contribution < -0.4 is 5.32 Å². The first-order valence-corrected chi connectivity index (χ1v) is 11.1. The minimum absolute atomic E-state index is 0.0144. The van der Waals surface area contributed by atoms with Crippen molar-refractivity contribution in [2.75, 3.05) is 31.6 Å². The number of nitrogens with one attached hydrogen (secondary N) is 1. The molecule has 2 aromatic heterocycles. The summed E-state index contributed by atoms with van der Waals surface area (Å²) in [7, 11) is 0. The zero-order chi connectivity index (χ0) is 23.8. The van der Waals surface area contributed by atoms with Crippen molar-refractivity contribution in [1.82, 2.24) is 14.9 Å². The molecule has 0 saturated carbocycles. The van der Waals surface area contributed by atoms with E-state index in [1.807, 2.05) is 0 Å². The van der Waals surface area contributed by atoms with Crippen molar-refractivity contribution >= 4 is 22.7 Å². The van der Waals surface area contributed by atoms with Crippen molar-refractivity contribution in [2.24, 2.45) is 0 Å². The van der Waals surface area contributed by atoms with E-state index in [1.54, 1.807) is 39.1 Å². The molecular formula is C23H29F3N4O3. The van der Waals surface area contributed by atoms with Gasteiger partial charge in [0, 0.05) is 36.3 Å². The molecule has 4 rings (SSSR count). The van der Waals surface area contributed by atoms with Gasteiger partial charge in [-0.1, -0.05) is 0 Å². The third-order valence-corrected chi connectivity index (χ3v) is 5.88. The van der Waals surface area contributed by atoms with Crippen LogP contribution in [0.3, 0.4) is 0 Å². The molecule has 1 N–H and O–H groups in total. The molecule has 10 heteroatoms. The molecule has 2 fully saturated rings. The van der Waals surface area contributed by atoms with Crippen LogP contribution in [-0.4, -0.2) is 71.0 Å². The summed E-state index contributed by atoms with van der Waals surface area (Å²) < 4.78 is 55.1. The van der Waals surface area contributed by atoms with Crippen LogP contribution in [0.15, 0.2) is 24.5 Å². The van der Waals surface area contributed by atoms with Crippen LogP contribution in [0.4, 0.5) is 23.8 Å². The van der Waals surface area contributed by atoms with Gasteiger partial charge in [-0.2, -0.15) is 0 Å². The topological polar surface area (TPSA) is 76.6 Å². The number of likely N-dealkylation sites (tertiary alicyclic amines) is 1. The zero-order valence-corrected chi connectivity index (χ0v) is 19.0. The fourth-order valence-corrected chi connectivity index (χ4v) is 4.26. The van der Waals surface area contributed by atoms with Crippen molar-refractivity contribution in [3.63, 3.8) is 0 Å². The molecule has 0 aromatic carbocycles. The van der Waals surface area contributed by atoms with Gasteiger partial charge in [0.15, 0.2) is 0 Å². The Labute approximate surface area is 190 Å². The smallest absolute Gasteiger partial charge is 0.410 e. The van der Waals surface area contributed by atoms with E-state index in [0.29, 0.717) is 29.6 Å². The molecule has 2 aromatic rings. The molecule has 3 atom stereocenters. The van der Waals surface area contributed by atoms with Crippen LogP contribution in [0.5, 0.6) is 0 Å². The van der Waals surface area contributed by atoms with E-state index in [0.717, 1.165) is 4.90 Å². The second-order valence-corrected chi connectivity index (χ2v) is 9.62. The highest BCUT2D eigenvalue weighted by molar-refractivity contribution is 5.86. The molecule has 4 heterocycles. The lowest BCUT2D eigenvalue weighted by atomic mass is 9.87. The SMILES string of the molecule is CC(C)(C)OC(=O)N1CCC(c2nccc3cnc(N[C@@H]4CCOC[C@H]4F)cc23)C(F)(F)C1. The molecule has 0 aliphatic carbocycles. The van der Waals surface area contributed by atoms with Gasteiger partial charge in [-0.15, -0.1) is 0 Å². The Kier molecular flexibility index (Phi) is 6.39. The molecule has 0 bridgehead atoms. The van der Waals surface area contributed by atoms with Gasteiger partial charge in [-0.3, -0.25) is 4.98 Å². The Balaban J connectivity index is 1.58. The molecule has 2 aliphatic heterocycles. The molecule has 0 radical (unpaired) electrons. The number of piperidine rings is 1. The first-order valence-electron chi connectivity index (χ1n) is 11.1. The largest absolute Gasteiger partial charge is 0.444 e. The van der Waals surface area contributed by atoms with E-state index in [9.17, 15) is 9.18 Å². The van der Waals surface area contributed by atoms with Crippen LogP contribution >= 0.6 is 0 Å². The molecule has 1 unspecified atom stereocenters. The van der Waals surface area contributed by atoms with Gasteiger partial charge < -0.3 is 19.7 Å². The Bertz CT molecular complexity index is 1010. The van der Waals surface area contributed by atoms with Crippen molar-refractivity contribution < 1.29 is 27.4 Å². The number of pyridine rings is 2. The summed E-state index contributed by atoms with van der Waals surface area (Å²) in [6, 6.07) is 2.90. The molecule has 180 valence electrons. The number of fused-ring (bicyclic) bond motifs is 1. The lowest BCUT2D eigenvalue weighted by Gasteiger charge is -2.38. The highest BCUT2D eigenvalue weighted by atomic mass is 19.3. The lowest BCUT2D eigenvalue weighted by molar-refractivity contribution is -0.0854. The number of amides is 1. The number of alkyl halides is 3. The van der Waals surface area contributed by atoms with Gasteiger partial charge in [-0.05, 0) is 45.7 Å². The fraction of sp³-hybridized carbons (Fsp3) is 0.609.